The van der Waals surface area contributed by atoms with E-state index in [2.05, 4.69) is 21.2 Å². The number of aromatic nitrogens is 2. The highest BCUT2D eigenvalue weighted by Gasteiger charge is 2.26. The van der Waals surface area contributed by atoms with E-state index in [-0.39, 0.29) is 0 Å². The van der Waals surface area contributed by atoms with Crippen molar-refractivity contribution in [3.05, 3.63) is 52.8 Å². The summed E-state index contributed by atoms with van der Waals surface area (Å²) in [6.45, 7) is 1.33. The lowest BCUT2D eigenvalue weighted by molar-refractivity contribution is 0.0694. The van der Waals surface area contributed by atoms with Crippen molar-refractivity contribution in [2.45, 2.75) is 31.8 Å². The molecule has 1 heterocycles. The van der Waals surface area contributed by atoms with Gasteiger partial charge in [0, 0.05) is 24.7 Å². The summed E-state index contributed by atoms with van der Waals surface area (Å²) < 4.78 is 0. The maximum Gasteiger partial charge on any atom is 0.336 e. The number of aromatic amines is 1. The van der Waals surface area contributed by atoms with Crippen molar-refractivity contribution < 1.29 is 9.90 Å². The number of hydrogen-bond donors (Lipinski definition) is 2. The van der Waals surface area contributed by atoms with Crippen LogP contribution in [-0.4, -0.2) is 33.2 Å². The van der Waals surface area contributed by atoms with Crippen molar-refractivity contribution in [3.63, 3.8) is 0 Å². The fourth-order valence-corrected chi connectivity index (χ4v) is 2.55. The standard InChI is InChI=1S/C16H19N3O2/c1-19(9-12-4-2-3-5-14(12)16(20)21)10-13-8-15(18-17-13)11-6-7-11/h2-5,8,11H,6-7,9-10H2,1H3,(H,17,18)(H,20,21). The summed E-state index contributed by atoms with van der Waals surface area (Å²) in [6.07, 6.45) is 2.48. The number of H-pyrrole nitrogens is 1. The van der Waals surface area contributed by atoms with Gasteiger partial charge in [-0.3, -0.25) is 10.00 Å². The summed E-state index contributed by atoms with van der Waals surface area (Å²) in [4.78, 5) is 13.3. The van der Waals surface area contributed by atoms with E-state index in [1.165, 1.54) is 12.8 Å². The number of carbonyl (C=O) groups is 1. The molecule has 0 unspecified atom stereocenters. The van der Waals surface area contributed by atoms with Gasteiger partial charge in [0.05, 0.1) is 11.3 Å². The first kappa shape index (κ1) is 13.8. The Labute approximate surface area is 123 Å². The normalized spacial score (nSPS) is 14.6. The van der Waals surface area contributed by atoms with Crippen molar-refractivity contribution in [3.8, 4) is 0 Å². The van der Waals surface area contributed by atoms with E-state index in [1.807, 2.05) is 19.2 Å². The third-order valence-corrected chi connectivity index (χ3v) is 3.77. The second kappa shape index (κ2) is 5.69. The molecule has 110 valence electrons. The van der Waals surface area contributed by atoms with Gasteiger partial charge in [-0.05, 0) is 37.6 Å². The minimum atomic E-state index is -0.878. The van der Waals surface area contributed by atoms with Crippen molar-refractivity contribution in [2.75, 3.05) is 7.05 Å². The number of rotatable bonds is 6. The molecular weight excluding hydrogens is 266 g/mol. The maximum absolute atomic E-state index is 11.2. The van der Waals surface area contributed by atoms with Crippen LogP contribution in [0.4, 0.5) is 0 Å². The molecule has 0 bridgehead atoms. The molecule has 1 aliphatic rings. The van der Waals surface area contributed by atoms with Crippen LogP contribution in [0.5, 0.6) is 0 Å². The molecule has 5 nitrogen and oxygen atoms in total. The summed E-state index contributed by atoms with van der Waals surface area (Å²) in [6, 6.07) is 9.26. The largest absolute Gasteiger partial charge is 0.478 e. The van der Waals surface area contributed by atoms with Crippen LogP contribution in [0.3, 0.4) is 0 Å². The monoisotopic (exact) mass is 285 g/mol. The molecule has 1 aliphatic carbocycles. The average Bonchev–Trinajstić information content (AvgIpc) is 3.20. The molecule has 1 aromatic carbocycles. The molecule has 1 saturated carbocycles. The molecule has 3 rings (SSSR count). The van der Waals surface area contributed by atoms with E-state index in [1.54, 1.807) is 12.1 Å². The molecule has 0 spiro atoms. The number of carboxylic acids is 1. The van der Waals surface area contributed by atoms with Gasteiger partial charge in [0.25, 0.3) is 0 Å². The molecule has 2 N–H and O–H groups in total. The van der Waals surface area contributed by atoms with Gasteiger partial charge in [-0.1, -0.05) is 18.2 Å². The Morgan fingerprint density at radius 1 is 1.38 bits per heavy atom. The average molecular weight is 285 g/mol. The van der Waals surface area contributed by atoms with Gasteiger partial charge in [-0.2, -0.15) is 5.10 Å². The fourth-order valence-electron chi connectivity index (χ4n) is 2.55. The van der Waals surface area contributed by atoms with E-state index in [4.69, 9.17) is 0 Å². The molecule has 2 aromatic rings. The topological polar surface area (TPSA) is 69.2 Å². The molecule has 1 aromatic heterocycles. The molecule has 0 radical (unpaired) electrons. The van der Waals surface area contributed by atoms with Crippen molar-refractivity contribution >= 4 is 5.97 Å². The molecule has 1 fully saturated rings. The minimum absolute atomic E-state index is 0.368. The van der Waals surface area contributed by atoms with Crippen LogP contribution in [0.1, 0.15) is 46.1 Å². The molecule has 0 saturated heterocycles. The highest BCUT2D eigenvalue weighted by molar-refractivity contribution is 5.89. The lowest BCUT2D eigenvalue weighted by atomic mass is 10.1. The van der Waals surface area contributed by atoms with Gasteiger partial charge in [0.1, 0.15) is 0 Å². The minimum Gasteiger partial charge on any atom is -0.478 e. The van der Waals surface area contributed by atoms with Gasteiger partial charge in [-0.15, -0.1) is 0 Å². The molecule has 0 atom stereocenters. The number of benzene rings is 1. The van der Waals surface area contributed by atoms with E-state index in [0.717, 1.165) is 23.5 Å². The maximum atomic E-state index is 11.2. The highest BCUT2D eigenvalue weighted by atomic mass is 16.4. The molecule has 0 amide bonds. The Balaban J connectivity index is 1.65. The van der Waals surface area contributed by atoms with E-state index >= 15 is 0 Å². The number of nitrogens with one attached hydrogen (secondary N) is 1. The first-order chi connectivity index (χ1) is 10.1. The smallest absolute Gasteiger partial charge is 0.336 e. The van der Waals surface area contributed by atoms with Crippen molar-refractivity contribution in [1.29, 1.82) is 0 Å². The van der Waals surface area contributed by atoms with E-state index in [9.17, 15) is 9.90 Å². The number of nitrogens with zero attached hydrogens (tertiary/aromatic N) is 2. The summed E-state index contributed by atoms with van der Waals surface area (Å²) in [5.41, 5.74) is 3.43. The predicted molar refractivity (Wildman–Crippen MR) is 79.1 cm³/mol. The van der Waals surface area contributed by atoms with Crippen LogP contribution < -0.4 is 0 Å². The zero-order valence-corrected chi connectivity index (χ0v) is 12.0. The van der Waals surface area contributed by atoms with Crippen LogP contribution >= 0.6 is 0 Å². The van der Waals surface area contributed by atoms with Gasteiger partial charge >= 0.3 is 5.97 Å². The quantitative estimate of drug-likeness (QED) is 0.856. The van der Waals surface area contributed by atoms with Crippen molar-refractivity contribution in [1.82, 2.24) is 15.1 Å². The first-order valence-electron chi connectivity index (χ1n) is 7.17. The van der Waals surface area contributed by atoms with Gasteiger partial charge in [-0.25, -0.2) is 4.79 Å². The number of carboxylic acid groups (broad SMARTS) is 1. The van der Waals surface area contributed by atoms with Gasteiger partial charge < -0.3 is 5.11 Å². The second-order valence-corrected chi connectivity index (χ2v) is 5.73. The summed E-state index contributed by atoms with van der Waals surface area (Å²) in [5.74, 6) is -0.232. The number of hydrogen-bond acceptors (Lipinski definition) is 3. The van der Waals surface area contributed by atoms with Crippen LogP contribution in [0.2, 0.25) is 0 Å². The van der Waals surface area contributed by atoms with E-state index in [0.29, 0.717) is 18.0 Å². The van der Waals surface area contributed by atoms with Crippen LogP contribution in [0.25, 0.3) is 0 Å². The molecule has 5 heteroatoms. The van der Waals surface area contributed by atoms with E-state index < -0.39 is 5.97 Å². The lowest BCUT2D eigenvalue weighted by Gasteiger charge is -2.16. The SMILES string of the molecule is CN(Cc1cc(C2CC2)n[nH]1)Cc1ccccc1C(=O)O. The van der Waals surface area contributed by atoms with Gasteiger partial charge in [0.2, 0.25) is 0 Å². The Hall–Kier alpha value is -2.14. The molecule has 21 heavy (non-hydrogen) atoms. The highest BCUT2D eigenvalue weighted by Crippen LogP contribution is 2.39. The Kier molecular flexibility index (Phi) is 3.75. The Morgan fingerprint density at radius 2 is 2.14 bits per heavy atom. The van der Waals surface area contributed by atoms with Gasteiger partial charge in [0.15, 0.2) is 0 Å². The second-order valence-electron chi connectivity index (χ2n) is 5.73. The van der Waals surface area contributed by atoms with Crippen molar-refractivity contribution in [2.24, 2.45) is 0 Å². The predicted octanol–water partition coefficient (Wildman–Crippen LogP) is 2.62. The summed E-state index contributed by atoms with van der Waals surface area (Å²) in [7, 11) is 1.98. The zero-order chi connectivity index (χ0) is 14.8. The summed E-state index contributed by atoms with van der Waals surface area (Å²) >= 11 is 0. The summed E-state index contributed by atoms with van der Waals surface area (Å²) in [5, 5.41) is 16.6. The fraction of sp³-hybridized carbons (Fsp3) is 0.375. The Bertz CT molecular complexity index is 646. The molecule has 0 aliphatic heterocycles. The zero-order valence-electron chi connectivity index (χ0n) is 12.0. The lowest BCUT2D eigenvalue weighted by Crippen LogP contribution is -2.19. The molecular formula is C16H19N3O2. The first-order valence-corrected chi connectivity index (χ1v) is 7.17. The van der Waals surface area contributed by atoms with Crippen LogP contribution in [-0.2, 0) is 13.1 Å². The Morgan fingerprint density at radius 3 is 2.86 bits per heavy atom. The number of aromatic carboxylic acids is 1. The third-order valence-electron chi connectivity index (χ3n) is 3.77. The third kappa shape index (κ3) is 3.31. The van der Waals surface area contributed by atoms with Crippen LogP contribution in [0.15, 0.2) is 30.3 Å². The van der Waals surface area contributed by atoms with Crippen LogP contribution in [0, 0.1) is 0 Å².